The van der Waals surface area contributed by atoms with Crippen molar-refractivity contribution < 1.29 is 0 Å². The van der Waals surface area contributed by atoms with Gasteiger partial charge in [-0.1, -0.05) is 23.7 Å². The van der Waals surface area contributed by atoms with E-state index in [2.05, 4.69) is 24.3 Å². The molecule has 0 atom stereocenters. The van der Waals surface area contributed by atoms with Crippen molar-refractivity contribution in [3.63, 3.8) is 0 Å². The molecule has 2 heterocycles. The molecule has 100 valence electrons. The molecule has 0 N–H and O–H groups in total. The number of thiazole rings is 1. The number of fused-ring (bicyclic) bond motifs is 1. The second-order valence-electron chi connectivity index (χ2n) is 4.61. The lowest BCUT2D eigenvalue weighted by atomic mass is 10.1. The Hall–Kier alpha value is -1.83. The molecule has 0 amide bonds. The molecule has 2 aromatic heterocycles. The standard InChI is InChI=1S/C15H12ClN3S/c1-9-10(2)20-15-18-14(13(7-8-17)19(9)15)11-3-5-12(16)6-4-11/h3-6H,7H2,1-2H3. The summed E-state index contributed by atoms with van der Waals surface area (Å²) in [6.45, 7) is 4.14. The van der Waals surface area contributed by atoms with E-state index in [1.165, 1.54) is 4.88 Å². The number of rotatable bonds is 2. The Bertz CT molecular complexity index is 822. The number of benzene rings is 1. The highest BCUT2D eigenvalue weighted by Crippen LogP contribution is 2.31. The zero-order valence-corrected chi connectivity index (χ0v) is 12.7. The van der Waals surface area contributed by atoms with Gasteiger partial charge in [0.25, 0.3) is 0 Å². The molecule has 0 bridgehead atoms. The van der Waals surface area contributed by atoms with Crippen LogP contribution in [0.3, 0.4) is 0 Å². The molecule has 0 saturated carbocycles. The normalized spacial score (nSPS) is 10.9. The maximum absolute atomic E-state index is 9.10. The van der Waals surface area contributed by atoms with Crippen LogP contribution in [0.1, 0.15) is 16.3 Å². The van der Waals surface area contributed by atoms with E-state index < -0.39 is 0 Å². The molecule has 0 fully saturated rings. The van der Waals surface area contributed by atoms with E-state index in [1.54, 1.807) is 11.3 Å². The Morgan fingerprint density at radius 2 is 2.00 bits per heavy atom. The summed E-state index contributed by atoms with van der Waals surface area (Å²) in [5, 5.41) is 9.80. The maximum atomic E-state index is 9.10. The SMILES string of the molecule is Cc1sc2nc(-c3ccc(Cl)cc3)c(CC#N)n2c1C. The van der Waals surface area contributed by atoms with E-state index in [4.69, 9.17) is 21.8 Å². The first-order valence-electron chi connectivity index (χ1n) is 6.22. The van der Waals surface area contributed by atoms with E-state index in [0.717, 1.165) is 27.6 Å². The predicted octanol–water partition coefficient (Wildman–Crippen LogP) is 4.40. The molecule has 20 heavy (non-hydrogen) atoms. The van der Waals surface area contributed by atoms with Crippen molar-refractivity contribution in [3.8, 4) is 17.3 Å². The zero-order chi connectivity index (χ0) is 14.3. The predicted molar refractivity (Wildman–Crippen MR) is 82.3 cm³/mol. The Labute approximate surface area is 126 Å². The van der Waals surface area contributed by atoms with Crippen LogP contribution in [-0.2, 0) is 6.42 Å². The fourth-order valence-electron chi connectivity index (χ4n) is 2.29. The first-order valence-corrected chi connectivity index (χ1v) is 7.41. The Morgan fingerprint density at radius 1 is 1.30 bits per heavy atom. The third-order valence-corrected chi connectivity index (χ3v) is 4.71. The minimum absolute atomic E-state index is 0.343. The number of hydrogen-bond donors (Lipinski definition) is 0. The maximum Gasteiger partial charge on any atom is 0.194 e. The fraction of sp³-hybridized carbons (Fsp3) is 0.200. The topological polar surface area (TPSA) is 41.1 Å². The highest BCUT2D eigenvalue weighted by atomic mass is 35.5. The minimum atomic E-state index is 0.343. The summed E-state index contributed by atoms with van der Waals surface area (Å²) >= 11 is 7.58. The van der Waals surface area contributed by atoms with Crippen LogP contribution in [-0.4, -0.2) is 9.38 Å². The number of aryl methyl sites for hydroxylation is 2. The van der Waals surface area contributed by atoms with Gasteiger partial charge >= 0.3 is 0 Å². The van der Waals surface area contributed by atoms with Gasteiger partial charge in [-0.3, -0.25) is 4.40 Å². The largest absolute Gasteiger partial charge is 0.290 e. The van der Waals surface area contributed by atoms with Gasteiger partial charge in [0, 0.05) is 21.2 Å². The molecule has 0 aliphatic heterocycles. The molecule has 0 saturated heterocycles. The molecule has 1 aromatic carbocycles. The molecule has 0 aliphatic carbocycles. The Kier molecular flexibility index (Phi) is 3.25. The lowest BCUT2D eigenvalue weighted by Gasteiger charge is -2.02. The number of aromatic nitrogens is 2. The summed E-state index contributed by atoms with van der Waals surface area (Å²) in [5.41, 5.74) is 3.97. The van der Waals surface area contributed by atoms with Crippen molar-refractivity contribution in [3.05, 3.63) is 45.6 Å². The summed E-state index contributed by atoms with van der Waals surface area (Å²) in [6, 6.07) is 9.81. The van der Waals surface area contributed by atoms with Crippen LogP contribution in [0, 0.1) is 25.2 Å². The first-order chi connectivity index (χ1) is 9.61. The highest BCUT2D eigenvalue weighted by Gasteiger charge is 2.18. The monoisotopic (exact) mass is 301 g/mol. The first kappa shape index (κ1) is 13.2. The Balaban J connectivity index is 2.28. The molecule has 0 unspecified atom stereocenters. The average molecular weight is 302 g/mol. The summed E-state index contributed by atoms with van der Waals surface area (Å²) < 4.78 is 2.09. The molecule has 3 nitrogen and oxygen atoms in total. The summed E-state index contributed by atoms with van der Waals surface area (Å²) in [5.74, 6) is 0. The third-order valence-electron chi connectivity index (χ3n) is 3.40. The van der Waals surface area contributed by atoms with E-state index in [1.807, 2.05) is 24.3 Å². The van der Waals surface area contributed by atoms with Crippen LogP contribution in [0.4, 0.5) is 0 Å². The van der Waals surface area contributed by atoms with Gasteiger partial charge in [-0.15, -0.1) is 11.3 Å². The fourth-order valence-corrected chi connectivity index (χ4v) is 3.40. The van der Waals surface area contributed by atoms with Crippen molar-refractivity contribution >= 4 is 27.9 Å². The van der Waals surface area contributed by atoms with Crippen molar-refractivity contribution in [2.24, 2.45) is 0 Å². The molecular weight excluding hydrogens is 290 g/mol. The highest BCUT2D eigenvalue weighted by molar-refractivity contribution is 7.17. The number of halogens is 1. The van der Waals surface area contributed by atoms with Crippen molar-refractivity contribution in [1.29, 1.82) is 5.26 Å². The number of nitriles is 1. The van der Waals surface area contributed by atoms with Crippen LogP contribution in [0.2, 0.25) is 5.02 Å². The van der Waals surface area contributed by atoms with Crippen LogP contribution in [0.25, 0.3) is 16.2 Å². The second kappa shape index (κ2) is 4.93. The van der Waals surface area contributed by atoms with Crippen LogP contribution < -0.4 is 0 Å². The molecular formula is C15H12ClN3S. The van der Waals surface area contributed by atoms with Gasteiger partial charge in [0.2, 0.25) is 0 Å². The number of hydrogen-bond acceptors (Lipinski definition) is 3. The van der Waals surface area contributed by atoms with Gasteiger partial charge in [-0.2, -0.15) is 5.26 Å². The molecule has 3 aromatic rings. The van der Waals surface area contributed by atoms with Crippen LogP contribution in [0.15, 0.2) is 24.3 Å². The van der Waals surface area contributed by atoms with E-state index in [9.17, 15) is 0 Å². The zero-order valence-electron chi connectivity index (χ0n) is 11.1. The molecule has 0 aliphatic rings. The summed E-state index contributed by atoms with van der Waals surface area (Å²) in [6.07, 6.45) is 0.343. The number of nitrogens with zero attached hydrogens (tertiary/aromatic N) is 3. The molecule has 0 spiro atoms. The van der Waals surface area contributed by atoms with Crippen LogP contribution >= 0.6 is 22.9 Å². The molecule has 0 radical (unpaired) electrons. The van der Waals surface area contributed by atoms with Crippen LogP contribution in [0.5, 0.6) is 0 Å². The van der Waals surface area contributed by atoms with E-state index in [-0.39, 0.29) is 0 Å². The van der Waals surface area contributed by atoms with Gasteiger partial charge in [-0.05, 0) is 26.0 Å². The molecule has 5 heteroatoms. The van der Waals surface area contributed by atoms with Gasteiger partial charge < -0.3 is 0 Å². The molecule has 3 rings (SSSR count). The smallest absolute Gasteiger partial charge is 0.194 e. The lowest BCUT2D eigenvalue weighted by Crippen LogP contribution is -1.95. The lowest BCUT2D eigenvalue weighted by molar-refractivity contribution is 1.02. The number of imidazole rings is 1. The minimum Gasteiger partial charge on any atom is -0.290 e. The van der Waals surface area contributed by atoms with Crippen molar-refractivity contribution in [1.82, 2.24) is 9.38 Å². The quantitative estimate of drug-likeness (QED) is 0.704. The van der Waals surface area contributed by atoms with Gasteiger partial charge in [0.1, 0.15) is 0 Å². The van der Waals surface area contributed by atoms with Gasteiger partial charge in [0.15, 0.2) is 4.96 Å². The average Bonchev–Trinajstić information content (AvgIpc) is 2.90. The van der Waals surface area contributed by atoms with Gasteiger partial charge in [0.05, 0.1) is 23.9 Å². The summed E-state index contributed by atoms with van der Waals surface area (Å²) in [7, 11) is 0. The second-order valence-corrected chi connectivity index (χ2v) is 6.23. The third kappa shape index (κ3) is 2.00. The van der Waals surface area contributed by atoms with Crippen molar-refractivity contribution in [2.75, 3.05) is 0 Å². The summed E-state index contributed by atoms with van der Waals surface area (Å²) in [4.78, 5) is 6.87. The van der Waals surface area contributed by atoms with E-state index in [0.29, 0.717) is 11.4 Å². The van der Waals surface area contributed by atoms with E-state index >= 15 is 0 Å². The Morgan fingerprint density at radius 3 is 2.65 bits per heavy atom. The van der Waals surface area contributed by atoms with Crippen molar-refractivity contribution in [2.45, 2.75) is 20.3 Å². The van der Waals surface area contributed by atoms with Gasteiger partial charge in [-0.25, -0.2) is 4.98 Å².